The summed E-state index contributed by atoms with van der Waals surface area (Å²) < 4.78 is 39.6. The third-order valence-corrected chi connectivity index (χ3v) is 6.24. The Labute approximate surface area is 200 Å². The average Bonchev–Trinajstić information content (AvgIpc) is 2.79. The summed E-state index contributed by atoms with van der Waals surface area (Å²) >= 11 is 0. The highest BCUT2D eigenvalue weighted by atomic mass is 19.4. The fourth-order valence-electron chi connectivity index (χ4n) is 4.40. The minimum atomic E-state index is -4.67. The van der Waals surface area contributed by atoms with E-state index in [4.69, 9.17) is 5.11 Å². The van der Waals surface area contributed by atoms with Gasteiger partial charge in [0.2, 0.25) is 0 Å². The fourth-order valence-corrected chi connectivity index (χ4v) is 4.40. The number of carbonyl (C=O) groups excluding carboxylic acids is 2. The Balaban J connectivity index is 1.79. The Bertz CT molecular complexity index is 1100. The molecule has 2 amide bonds. The number of anilines is 1. The van der Waals surface area contributed by atoms with Crippen molar-refractivity contribution in [2.45, 2.75) is 64.6 Å². The number of hydrogen-bond acceptors (Lipinski definition) is 5. The summed E-state index contributed by atoms with van der Waals surface area (Å²) in [7, 11) is 0. The highest BCUT2D eigenvalue weighted by molar-refractivity contribution is 6.04. The molecule has 8 nitrogen and oxygen atoms in total. The molecule has 11 heteroatoms. The lowest BCUT2D eigenvalue weighted by molar-refractivity contribution is -0.160. The zero-order valence-corrected chi connectivity index (χ0v) is 19.4. The maximum atomic E-state index is 13.2. The Morgan fingerprint density at radius 2 is 1.89 bits per heavy atom. The Hall–Kier alpha value is -3.50. The molecule has 0 saturated carbocycles. The van der Waals surface area contributed by atoms with Gasteiger partial charge in [-0.1, -0.05) is 26.0 Å². The molecule has 2 aromatic rings. The number of carbonyl (C=O) groups is 3. The Morgan fingerprint density at radius 3 is 2.46 bits per heavy atom. The van der Waals surface area contributed by atoms with Crippen LogP contribution in [0.5, 0.6) is 0 Å². The lowest BCUT2D eigenvalue weighted by atomic mass is 9.66. The number of alkyl halides is 3. The summed E-state index contributed by atoms with van der Waals surface area (Å²) in [6.45, 7) is 3.94. The van der Waals surface area contributed by atoms with Gasteiger partial charge in [0.15, 0.2) is 11.6 Å². The summed E-state index contributed by atoms with van der Waals surface area (Å²) in [6, 6.07) is 4.26. The van der Waals surface area contributed by atoms with Gasteiger partial charge in [0.1, 0.15) is 0 Å². The first-order valence-corrected chi connectivity index (χ1v) is 11.3. The summed E-state index contributed by atoms with van der Waals surface area (Å²) in [5.74, 6) is -2.00. The number of halogens is 3. The zero-order valence-electron chi connectivity index (χ0n) is 19.4. The molecule has 1 aliphatic rings. The molecule has 0 radical (unpaired) electrons. The molecule has 0 aliphatic heterocycles. The van der Waals surface area contributed by atoms with Gasteiger partial charge < -0.3 is 10.4 Å². The average molecular weight is 492 g/mol. The molecule has 35 heavy (non-hydrogen) atoms. The van der Waals surface area contributed by atoms with Crippen molar-refractivity contribution in [3.8, 4) is 11.3 Å². The third kappa shape index (κ3) is 6.34. The van der Waals surface area contributed by atoms with E-state index in [2.05, 4.69) is 20.6 Å². The number of aliphatic carboxylic acids is 1. The van der Waals surface area contributed by atoms with Crippen LogP contribution < -0.4 is 10.6 Å². The molecule has 0 bridgehead atoms. The van der Waals surface area contributed by atoms with Crippen molar-refractivity contribution in [3.63, 3.8) is 0 Å². The molecule has 1 aromatic carbocycles. The first-order chi connectivity index (χ1) is 16.5. The predicted octanol–water partition coefficient (Wildman–Crippen LogP) is 5.00. The van der Waals surface area contributed by atoms with Crippen LogP contribution in [0.4, 0.5) is 23.8 Å². The van der Waals surface area contributed by atoms with Gasteiger partial charge in [0.05, 0.1) is 36.3 Å². The van der Waals surface area contributed by atoms with E-state index in [0.717, 1.165) is 12.8 Å². The second-order valence-corrected chi connectivity index (χ2v) is 8.74. The van der Waals surface area contributed by atoms with Crippen LogP contribution in [-0.4, -0.2) is 45.1 Å². The number of nitrogens with one attached hydrogen (secondary N) is 2. The molecule has 1 heterocycles. The zero-order chi connectivity index (χ0) is 25.8. The van der Waals surface area contributed by atoms with Crippen LogP contribution in [-0.2, 0) is 11.2 Å². The Kier molecular flexibility index (Phi) is 7.76. The van der Waals surface area contributed by atoms with Crippen LogP contribution in [0.2, 0.25) is 0 Å². The number of Topliss-reactive ketones (excluding diaryl/α,β-unsaturated/α-hetero) is 1. The largest absolute Gasteiger partial charge is 0.481 e. The van der Waals surface area contributed by atoms with E-state index in [1.54, 1.807) is 6.07 Å². The molecule has 0 saturated heterocycles. The number of aryl methyl sites for hydroxylation is 1. The first-order valence-electron chi connectivity index (χ1n) is 11.3. The number of nitrogens with zero attached hydrogens (tertiary/aromatic N) is 2. The van der Waals surface area contributed by atoms with Crippen LogP contribution in [0.3, 0.4) is 0 Å². The van der Waals surface area contributed by atoms with E-state index in [1.165, 1.54) is 24.5 Å². The van der Waals surface area contributed by atoms with Gasteiger partial charge in [0.25, 0.3) is 0 Å². The van der Waals surface area contributed by atoms with E-state index >= 15 is 0 Å². The van der Waals surface area contributed by atoms with E-state index in [1.807, 2.05) is 13.8 Å². The molecule has 1 atom stereocenters. The molecular formula is C24H27F3N4O4. The van der Waals surface area contributed by atoms with Crippen molar-refractivity contribution in [1.29, 1.82) is 0 Å². The number of urea groups is 1. The van der Waals surface area contributed by atoms with Crippen molar-refractivity contribution >= 4 is 23.6 Å². The number of hydrogen-bond donors (Lipinski definition) is 3. The SMILES string of the molecule is CCC(CC)NC(=O)Nc1cnc(-c2ccc3c(c2)CC[C@@](CC(=O)O)(CC(F)(F)F)C3=O)cn1. The number of carboxylic acids is 1. The molecule has 3 N–H and O–H groups in total. The molecule has 1 aliphatic carbocycles. The standard InChI is InChI=1S/C24H27F3N4O4/c1-3-16(4-2)30-22(35)31-19-12-28-18(11-29-19)15-5-6-17-14(9-15)7-8-23(21(17)34,10-20(32)33)13-24(25,26)27/h5-6,9,11-12,16H,3-4,7-8,10,13H2,1-2H3,(H,32,33)(H2,29,30,31,35)/t23-/m1/s1. The maximum absolute atomic E-state index is 13.2. The van der Waals surface area contributed by atoms with Gasteiger partial charge in [-0.05, 0) is 37.3 Å². The van der Waals surface area contributed by atoms with Crippen LogP contribution >= 0.6 is 0 Å². The maximum Gasteiger partial charge on any atom is 0.390 e. The number of ketones is 1. The monoisotopic (exact) mass is 492 g/mol. The normalized spacial score (nSPS) is 17.7. The first kappa shape index (κ1) is 26.1. The van der Waals surface area contributed by atoms with Gasteiger partial charge in [-0.3, -0.25) is 19.9 Å². The van der Waals surface area contributed by atoms with Crippen LogP contribution in [0, 0.1) is 5.41 Å². The molecular weight excluding hydrogens is 465 g/mol. The summed E-state index contributed by atoms with van der Waals surface area (Å²) in [5.41, 5.74) is -0.345. The van der Waals surface area contributed by atoms with Crippen LogP contribution in [0.15, 0.2) is 30.6 Å². The minimum Gasteiger partial charge on any atom is -0.481 e. The predicted molar refractivity (Wildman–Crippen MR) is 122 cm³/mol. The lowest BCUT2D eigenvalue weighted by Crippen LogP contribution is -2.41. The highest BCUT2D eigenvalue weighted by Gasteiger charge is 2.50. The number of benzene rings is 1. The number of aromatic nitrogens is 2. The molecule has 1 aromatic heterocycles. The third-order valence-electron chi connectivity index (χ3n) is 6.24. The molecule has 0 fully saturated rings. The van der Waals surface area contributed by atoms with E-state index in [-0.39, 0.29) is 30.3 Å². The van der Waals surface area contributed by atoms with E-state index in [9.17, 15) is 27.6 Å². The smallest absolute Gasteiger partial charge is 0.390 e. The van der Waals surface area contributed by atoms with Crippen molar-refractivity contribution in [2.75, 3.05) is 5.32 Å². The summed E-state index contributed by atoms with van der Waals surface area (Å²) in [4.78, 5) is 44.8. The van der Waals surface area contributed by atoms with Crippen molar-refractivity contribution < 1.29 is 32.7 Å². The van der Waals surface area contributed by atoms with Gasteiger partial charge in [-0.2, -0.15) is 13.2 Å². The van der Waals surface area contributed by atoms with Gasteiger partial charge in [-0.25, -0.2) is 9.78 Å². The quantitative estimate of drug-likeness (QED) is 0.477. The van der Waals surface area contributed by atoms with E-state index < -0.39 is 42.2 Å². The number of amides is 2. The number of fused-ring (bicyclic) bond motifs is 1. The minimum absolute atomic E-state index is 0.0470. The second-order valence-electron chi connectivity index (χ2n) is 8.74. The number of carboxylic acid groups (broad SMARTS) is 1. The highest BCUT2D eigenvalue weighted by Crippen LogP contribution is 2.46. The van der Waals surface area contributed by atoms with E-state index in [0.29, 0.717) is 16.8 Å². The molecule has 3 rings (SSSR count). The van der Waals surface area contributed by atoms with Gasteiger partial charge in [0, 0.05) is 17.2 Å². The molecule has 188 valence electrons. The molecule has 0 spiro atoms. The lowest BCUT2D eigenvalue weighted by Gasteiger charge is -2.36. The van der Waals surface area contributed by atoms with Crippen molar-refractivity contribution in [2.24, 2.45) is 5.41 Å². The number of rotatable bonds is 8. The Morgan fingerprint density at radius 1 is 1.17 bits per heavy atom. The van der Waals surface area contributed by atoms with Crippen LogP contribution in [0.25, 0.3) is 11.3 Å². The van der Waals surface area contributed by atoms with Crippen molar-refractivity contribution in [1.82, 2.24) is 15.3 Å². The topological polar surface area (TPSA) is 121 Å². The second kappa shape index (κ2) is 10.4. The van der Waals surface area contributed by atoms with Crippen LogP contribution in [0.1, 0.15) is 61.9 Å². The van der Waals surface area contributed by atoms with Gasteiger partial charge in [-0.15, -0.1) is 0 Å². The van der Waals surface area contributed by atoms with Crippen molar-refractivity contribution in [3.05, 3.63) is 41.7 Å². The summed E-state index contributed by atoms with van der Waals surface area (Å²) in [5, 5.41) is 14.6. The van der Waals surface area contributed by atoms with Gasteiger partial charge >= 0.3 is 18.2 Å². The summed E-state index contributed by atoms with van der Waals surface area (Å²) in [6.07, 6.45) is -2.69. The molecule has 0 unspecified atom stereocenters. The fraction of sp³-hybridized carbons (Fsp3) is 0.458.